The molecular formula is C20H20N4O. The third-order valence-electron chi connectivity index (χ3n) is 3.91. The fraction of sp³-hybridized carbons (Fsp3) is 0.100. The fourth-order valence-corrected chi connectivity index (χ4v) is 2.45. The Morgan fingerprint density at radius 2 is 1.76 bits per heavy atom. The molecule has 25 heavy (non-hydrogen) atoms. The van der Waals surface area contributed by atoms with E-state index >= 15 is 0 Å². The number of amides is 1. The average Bonchev–Trinajstić information content (AvgIpc) is 2.64. The molecule has 1 heterocycles. The van der Waals surface area contributed by atoms with Crippen LogP contribution in [0, 0.1) is 0 Å². The van der Waals surface area contributed by atoms with Crippen molar-refractivity contribution < 1.29 is 4.79 Å². The van der Waals surface area contributed by atoms with Gasteiger partial charge in [-0.1, -0.05) is 36.4 Å². The first-order valence-electron chi connectivity index (χ1n) is 7.94. The van der Waals surface area contributed by atoms with Gasteiger partial charge in [-0.15, -0.1) is 0 Å². The fourth-order valence-electron chi connectivity index (χ4n) is 2.45. The summed E-state index contributed by atoms with van der Waals surface area (Å²) in [6.45, 7) is 0. The lowest BCUT2D eigenvalue weighted by molar-refractivity contribution is 0.102. The monoisotopic (exact) mass is 332 g/mol. The predicted octanol–water partition coefficient (Wildman–Crippen LogP) is 3.65. The van der Waals surface area contributed by atoms with E-state index in [1.54, 1.807) is 18.3 Å². The number of hydrogen-bond donors (Lipinski definition) is 2. The highest BCUT2D eigenvalue weighted by atomic mass is 16.1. The molecule has 0 spiro atoms. The molecule has 5 nitrogen and oxygen atoms in total. The second kappa shape index (κ2) is 7.05. The van der Waals surface area contributed by atoms with Crippen molar-refractivity contribution >= 4 is 23.0 Å². The lowest BCUT2D eigenvalue weighted by atomic mass is 10.0. The minimum Gasteiger partial charge on any atom is -0.397 e. The van der Waals surface area contributed by atoms with Gasteiger partial charge in [-0.05, 0) is 35.4 Å². The highest BCUT2D eigenvalue weighted by Gasteiger charge is 2.11. The van der Waals surface area contributed by atoms with Gasteiger partial charge >= 0.3 is 0 Å². The number of hydrogen-bond acceptors (Lipinski definition) is 4. The van der Waals surface area contributed by atoms with Crippen molar-refractivity contribution in [3.63, 3.8) is 0 Å². The quantitative estimate of drug-likeness (QED) is 0.716. The van der Waals surface area contributed by atoms with E-state index in [1.165, 1.54) is 0 Å². The van der Waals surface area contributed by atoms with Crippen LogP contribution in [0.3, 0.4) is 0 Å². The molecule has 3 rings (SSSR count). The first-order valence-corrected chi connectivity index (χ1v) is 7.94. The van der Waals surface area contributed by atoms with Crippen LogP contribution >= 0.6 is 0 Å². The summed E-state index contributed by atoms with van der Waals surface area (Å²) in [5.41, 5.74) is 10.4. The van der Waals surface area contributed by atoms with E-state index in [4.69, 9.17) is 5.73 Å². The maximum atomic E-state index is 12.5. The summed E-state index contributed by atoms with van der Waals surface area (Å²) in [6.07, 6.45) is 1.67. The van der Waals surface area contributed by atoms with Crippen LogP contribution < -0.4 is 16.0 Å². The van der Waals surface area contributed by atoms with Crippen LogP contribution in [0.5, 0.6) is 0 Å². The molecule has 0 radical (unpaired) electrons. The topological polar surface area (TPSA) is 71.2 Å². The van der Waals surface area contributed by atoms with Gasteiger partial charge < -0.3 is 16.0 Å². The van der Waals surface area contributed by atoms with Crippen molar-refractivity contribution in [1.29, 1.82) is 0 Å². The Bertz CT molecular complexity index is 874. The number of nitrogens with one attached hydrogen (secondary N) is 1. The van der Waals surface area contributed by atoms with Gasteiger partial charge in [0.25, 0.3) is 5.91 Å². The van der Waals surface area contributed by atoms with Gasteiger partial charge in [-0.25, -0.2) is 4.98 Å². The van der Waals surface area contributed by atoms with Gasteiger partial charge in [0.15, 0.2) is 0 Å². The molecule has 0 unspecified atom stereocenters. The minimum atomic E-state index is -0.290. The SMILES string of the molecule is CN(C)c1ccc(C(=O)Nc2cc(-c3ccccc3)ccc2N)nc1. The zero-order valence-electron chi connectivity index (χ0n) is 14.2. The molecule has 0 aliphatic heterocycles. The zero-order chi connectivity index (χ0) is 17.8. The molecule has 0 aliphatic carbocycles. The van der Waals surface area contributed by atoms with Crippen LogP contribution in [0.4, 0.5) is 17.1 Å². The largest absolute Gasteiger partial charge is 0.397 e. The predicted molar refractivity (Wildman–Crippen MR) is 103 cm³/mol. The van der Waals surface area contributed by atoms with Crippen LogP contribution in [0.25, 0.3) is 11.1 Å². The van der Waals surface area contributed by atoms with Crippen molar-refractivity contribution in [2.45, 2.75) is 0 Å². The van der Waals surface area contributed by atoms with E-state index < -0.39 is 0 Å². The van der Waals surface area contributed by atoms with Crippen LogP contribution in [0.1, 0.15) is 10.5 Å². The lowest BCUT2D eigenvalue weighted by Gasteiger charge is -2.13. The third-order valence-corrected chi connectivity index (χ3v) is 3.91. The molecule has 3 aromatic rings. The van der Waals surface area contributed by atoms with Crippen molar-refractivity contribution in [2.24, 2.45) is 0 Å². The number of pyridine rings is 1. The molecule has 126 valence electrons. The molecular weight excluding hydrogens is 312 g/mol. The summed E-state index contributed by atoms with van der Waals surface area (Å²) in [5.74, 6) is -0.290. The van der Waals surface area contributed by atoms with Gasteiger partial charge in [0.05, 0.1) is 23.3 Å². The molecule has 0 fully saturated rings. The molecule has 0 saturated heterocycles. The Kier molecular flexibility index (Phi) is 4.66. The van der Waals surface area contributed by atoms with Crippen molar-refractivity contribution in [1.82, 2.24) is 4.98 Å². The Hall–Kier alpha value is -3.34. The molecule has 0 saturated carbocycles. The second-order valence-electron chi connectivity index (χ2n) is 5.92. The summed E-state index contributed by atoms with van der Waals surface area (Å²) >= 11 is 0. The average molecular weight is 332 g/mol. The highest BCUT2D eigenvalue weighted by molar-refractivity contribution is 6.05. The Morgan fingerprint density at radius 3 is 2.40 bits per heavy atom. The molecule has 0 atom stereocenters. The smallest absolute Gasteiger partial charge is 0.274 e. The first kappa shape index (κ1) is 16.5. The standard InChI is InChI=1S/C20H20N4O/c1-24(2)16-9-11-18(22-13-16)20(25)23-19-12-15(8-10-17(19)21)14-6-4-3-5-7-14/h3-13H,21H2,1-2H3,(H,23,25). The molecule has 2 aromatic carbocycles. The Morgan fingerprint density at radius 1 is 1.00 bits per heavy atom. The van der Waals surface area contributed by atoms with E-state index in [2.05, 4.69) is 10.3 Å². The minimum absolute atomic E-state index is 0.290. The molecule has 0 aliphatic rings. The number of rotatable bonds is 4. The molecule has 0 bridgehead atoms. The maximum Gasteiger partial charge on any atom is 0.274 e. The van der Waals surface area contributed by atoms with Gasteiger partial charge in [0.2, 0.25) is 0 Å². The normalized spacial score (nSPS) is 10.3. The van der Waals surface area contributed by atoms with E-state index in [1.807, 2.05) is 67.5 Å². The Balaban J connectivity index is 1.83. The van der Waals surface area contributed by atoms with Crippen LogP contribution in [0.15, 0.2) is 66.9 Å². The van der Waals surface area contributed by atoms with Crippen molar-refractivity contribution in [2.75, 3.05) is 30.0 Å². The van der Waals surface area contributed by atoms with Crippen LogP contribution in [-0.2, 0) is 0 Å². The van der Waals surface area contributed by atoms with Gasteiger partial charge in [-0.3, -0.25) is 4.79 Å². The molecule has 3 N–H and O–H groups in total. The van der Waals surface area contributed by atoms with Crippen molar-refractivity contribution in [3.05, 3.63) is 72.6 Å². The number of nitrogens with two attached hydrogens (primary N) is 1. The molecule has 5 heteroatoms. The van der Waals surface area contributed by atoms with Crippen molar-refractivity contribution in [3.8, 4) is 11.1 Å². The summed E-state index contributed by atoms with van der Waals surface area (Å²) in [4.78, 5) is 18.6. The van der Waals surface area contributed by atoms with E-state index in [0.29, 0.717) is 17.1 Å². The number of nitrogens with zero attached hydrogens (tertiary/aromatic N) is 2. The summed E-state index contributed by atoms with van der Waals surface area (Å²) in [7, 11) is 3.85. The summed E-state index contributed by atoms with van der Waals surface area (Å²) < 4.78 is 0. The lowest BCUT2D eigenvalue weighted by Crippen LogP contribution is -2.16. The molecule has 1 aromatic heterocycles. The van der Waals surface area contributed by atoms with E-state index in [9.17, 15) is 4.79 Å². The molecule has 1 amide bonds. The van der Waals surface area contributed by atoms with Crippen LogP contribution in [0.2, 0.25) is 0 Å². The van der Waals surface area contributed by atoms with Gasteiger partial charge in [0, 0.05) is 14.1 Å². The number of carbonyl (C=O) groups excluding carboxylic acids is 1. The first-order chi connectivity index (χ1) is 12.0. The van der Waals surface area contributed by atoms with E-state index in [0.717, 1.165) is 16.8 Å². The van der Waals surface area contributed by atoms with Crippen LogP contribution in [-0.4, -0.2) is 25.0 Å². The number of benzene rings is 2. The summed E-state index contributed by atoms with van der Waals surface area (Å²) in [6, 6.07) is 19.1. The number of anilines is 3. The third kappa shape index (κ3) is 3.77. The second-order valence-corrected chi connectivity index (χ2v) is 5.92. The number of nitrogen functional groups attached to an aromatic ring is 1. The zero-order valence-corrected chi connectivity index (χ0v) is 14.2. The maximum absolute atomic E-state index is 12.5. The number of carbonyl (C=O) groups is 1. The summed E-state index contributed by atoms with van der Waals surface area (Å²) in [5, 5.41) is 2.85. The van der Waals surface area contributed by atoms with Gasteiger partial charge in [0.1, 0.15) is 5.69 Å². The van der Waals surface area contributed by atoms with E-state index in [-0.39, 0.29) is 5.91 Å². The number of aromatic nitrogens is 1. The van der Waals surface area contributed by atoms with Gasteiger partial charge in [-0.2, -0.15) is 0 Å². The Labute approximate surface area is 147 Å². The highest BCUT2D eigenvalue weighted by Crippen LogP contribution is 2.27.